The molecule has 0 unspecified atom stereocenters. The number of rotatable bonds is 6. The van der Waals surface area contributed by atoms with Crippen LogP contribution in [0.2, 0.25) is 0 Å². The summed E-state index contributed by atoms with van der Waals surface area (Å²) in [6.07, 6.45) is 2.37. The van der Waals surface area contributed by atoms with Crippen molar-refractivity contribution in [1.82, 2.24) is 0 Å². The molecule has 0 fully saturated rings. The highest BCUT2D eigenvalue weighted by Gasteiger charge is 2.34. The van der Waals surface area contributed by atoms with Crippen LogP contribution in [0.15, 0.2) is 0 Å². The maximum Gasteiger partial charge on any atom is 0.313 e. The Bertz CT molecular complexity index is 145. The van der Waals surface area contributed by atoms with Gasteiger partial charge in [0, 0.05) is 6.54 Å². The number of carbonyl (C=O) groups excluding carboxylic acids is 1. The lowest BCUT2D eigenvalue weighted by Gasteiger charge is -2.27. The van der Waals surface area contributed by atoms with Gasteiger partial charge in [-0.25, -0.2) is 0 Å². The van der Waals surface area contributed by atoms with Gasteiger partial charge in [0.15, 0.2) is 0 Å². The second-order valence-electron chi connectivity index (χ2n) is 3.33. The fraction of sp³-hybridized carbons (Fsp3) is 0.900. The standard InChI is InChI=1S/C10H21NO2/c1-4-7-13-9(12)10(5-2,6-3)8-11/h4-8,11H2,1-3H3. The highest BCUT2D eigenvalue weighted by atomic mass is 16.5. The van der Waals surface area contributed by atoms with Gasteiger partial charge in [0.25, 0.3) is 0 Å². The van der Waals surface area contributed by atoms with E-state index < -0.39 is 5.41 Å². The first-order valence-corrected chi connectivity index (χ1v) is 5.04. The lowest BCUT2D eigenvalue weighted by atomic mass is 9.82. The van der Waals surface area contributed by atoms with E-state index in [1.807, 2.05) is 20.8 Å². The molecule has 0 atom stereocenters. The van der Waals surface area contributed by atoms with Crippen LogP contribution in [-0.2, 0) is 9.53 Å². The predicted octanol–water partition coefficient (Wildman–Crippen LogP) is 1.70. The van der Waals surface area contributed by atoms with E-state index in [1.54, 1.807) is 0 Å². The second-order valence-corrected chi connectivity index (χ2v) is 3.33. The molecule has 0 spiro atoms. The third-order valence-electron chi connectivity index (χ3n) is 2.61. The molecule has 0 saturated carbocycles. The number of hydrogen-bond donors (Lipinski definition) is 1. The Morgan fingerprint density at radius 3 is 2.15 bits per heavy atom. The smallest absolute Gasteiger partial charge is 0.313 e. The molecule has 13 heavy (non-hydrogen) atoms. The molecule has 0 heterocycles. The van der Waals surface area contributed by atoms with Gasteiger partial charge in [-0.1, -0.05) is 20.8 Å². The maximum atomic E-state index is 11.6. The Morgan fingerprint density at radius 2 is 1.85 bits per heavy atom. The molecule has 3 heteroatoms. The number of carbonyl (C=O) groups is 1. The first-order chi connectivity index (χ1) is 6.16. The summed E-state index contributed by atoms with van der Waals surface area (Å²) < 4.78 is 5.11. The zero-order chi connectivity index (χ0) is 10.3. The van der Waals surface area contributed by atoms with Crippen LogP contribution in [0.4, 0.5) is 0 Å². The van der Waals surface area contributed by atoms with Crippen molar-refractivity contribution in [3.8, 4) is 0 Å². The maximum absolute atomic E-state index is 11.6. The van der Waals surface area contributed by atoms with Crippen LogP contribution < -0.4 is 5.73 Å². The lowest BCUT2D eigenvalue weighted by molar-refractivity contribution is -0.155. The molecule has 0 aliphatic heterocycles. The molecule has 2 N–H and O–H groups in total. The molecule has 0 aromatic carbocycles. The van der Waals surface area contributed by atoms with Gasteiger partial charge < -0.3 is 10.5 Å². The molecule has 0 bridgehead atoms. The highest BCUT2D eigenvalue weighted by Crippen LogP contribution is 2.26. The molecular formula is C10H21NO2. The molecule has 0 aliphatic carbocycles. The highest BCUT2D eigenvalue weighted by molar-refractivity contribution is 5.77. The van der Waals surface area contributed by atoms with E-state index in [-0.39, 0.29) is 5.97 Å². The summed E-state index contributed by atoms with van der Waals surface area (Å²) in [5, 5.41) is 0. The Kier molecular flexibility index (Phi) is 5.71. The Labute approximate surface area is 80.6 Å². The topological polar surface area (TPSA) is 52.3 Å². The molecule has 0 amide bonds. The van der Waals surface area contributed by atoms with Crippen LogP contribution in [0.5, 0.6) is 0 Å². The Balaban J connectivity index is 4.26. The van der Waals surface area contributed by atoms with E-state index in [9.17, 15) is 4.79 Å². The van der Waals surface area contributed by atoms with E-state index in [0.29, 0.717) is 13.2 Å². The lowest BCUT2D eigenvalue weighted by Crippen LogP contribution is -2.39. The van der Waals surface area contributed by atoms with Crippen molar-refractivity contribution in [2.24, 2.45) is 11.1 Å². The fourth-order valence-electron chi connectivity index (χ4n) is 1.26. The van der Waals surface area contributed by atoms with Crippen molar-refractivity contribution < 1.29 is 9.53 Å². The summed E-state index contributed by atoms with van der Waals surface area (Å²) in [6.45, 7) is 6.81. The van der Waals surface area contributed by atoms with Gasteiger partial charge in [-0.05, 0) is 19.3 Å². The summed E-state index contributed by atoms with van der Waals surface area (Å²) >= 11 is 0. The second kappa shape index (κ2) is 5.97. The van der Waals surface area contributed by atoms with E-state index in [1.165, 1.54) is 0 Å². The predicted molar refractivity (Wildman–Crippen MR) is 53.3 cm³/mol. The minimum atomic E-state index is -0.449. The first-order valence-electron chi connectivity index (χ1n) is 5.04. The van der Waals surface area contributed by atoms with Crippen LogP contribution in [0.1, 0.15) is 40.0 Å². The number of ether oxygens (including phenoxy) is 1. The van der Waals surface area contributed by atoms with E-state index in [0.717, 1.165) is 19.3 Å². The van der Waals surface area contributed by atoms with Gasteiger partial charge in [0.1, 0.15) is 0 Å². The average Bonchev–Trinajstić information content (AvgIpc) is 2.18. The molecule has 78 valence electrons. The fourth-order valence-corrected chi connectivity index (χ4v) is 1.26. The summed E-state index contributed by atoms with van der Waals surface area (Å²) in [4.78, 5) is 11.6. The summed E-state index contributed by atoms with van der Waals surface area (Å²) in [7, 11) is 0. The van der Waals surface area contributed by atoms with E-state index >= 15 is 0 Å². The van der Waals surface area contributed by atoms with Crippen molar-refractivity contribution >= 4 is 5.97 Å². The minimum Gasteiger partial charge on any atom is -0.465 e. The minimum absolute atomic E-state index is 0.137. The van der Waals surface area contributed by atoms with Crippen LogP contribution in [-0.4, -0.2) is 19.1 Å². The largest absolute Gasteiger partial charge is 0.465 e. The molecule has 3 nitrogen and oxygen atoms in total. The third-order valence-corrected chi connectivity index (χ3v) is 2.61. The summed E-state index contributed by atoms with van der Waals surface area (Å²) in [5.41, 5.74) is 5.15. The molecule has 0 radical (unpaired) electrons. The van der Waals surface area contributed by atoms with Gasteiger partial charge >= 0.3 is 5.97 Å². The number of esters is 1. The van der Waals surface area contributed by atoms with Crippen LogP contribution >= 0.6 is 0 Å². The monoisotopic (exact) mass is 187 g/mol. The SMILES string of the molecule is CCCOC(=O)C(CC)(CC)CN. The molecule has 0 saturated heterocycles. The number of nitrogens with two attached hydrogens (primary N) is 1. The molecule has 0 aromatic rings. The van der Waals surface area contributed by atoms with Crippen molar-refractivity contribution in [3.63, 3.8) is 0 Å². The molecule has 0 rings (SSSR count). The van der Waals surface area contributed by atoms with Crippen LogP contribution in [0.25, 0.3) is 0 Å². The van der Waals surface area contributed by atoms with Gasteiger partial charge in [0.05, 0.1) is 12.0 Å². The quantitative estimate of drug-likeness (QED) is 0.644. The summed E-state index contributed by atoms with van der Waals surface area (Å²) in [6, 6.07) is 0. The number of hydrogen-bond acceptors (Lipinski definition) is 3. The molecule has 0 aromatic heterocycles. The van der Waals surface area contributed by atoms with Crippen LogP contribution in [0.3, 0.4) is 0 Å². The van der Waals surface area contributed by atoms with Crippen LogP contribution in [0, 0.1) is 5.41 Å². The van der Waals surface area contributed by atoms with Crippen molar-refractivity contribution in [2.45, 2.75) is 40.0 Å². The van der Waals surface area contributed by atoms with Crippen molar-refractivity contribution in [1.29, 1.82) is 0 Å². The normalized spacial score (nSPS) is 11.4. The summed E-state index contributed by atoms with van der Waals surface area (Å²) in [5.74, 6) is -0.137. The van der Waals surface area contributed by atoms with E-state index in [2.05, 4.69) is 0 Å². The zero-order valence-electron chi connectivity index (χ0n) is 8.93. The van der Waals surface area contributed by atoms with Gasteiger partial charge in [-0.2, -0.15) is 0 Å². The zero-order valence-corrected chi connectivity index (χ0v) is 8.93. The average molecular weight is 187 g/mol. The molecular weight excluding hydrogens is 166 g/mol. The first kappa shape index (κ1) is 12.4. The van der Waals surface area contributed by atoms with E-state index in [4.69, 9.17) is 10.5 Å². The Morgan fingerprint density at radius 1 is 1.31 bits per heavy atom. The van der Waals surface area contributed by atoms with Gasteiger partial charge in [-0.15, -0.1) is 0 Å². The Hall–Kier alpha value is -0.570. The van der Waals surface area contributed by atoms with Gasteiger partial charge in [-0.3, -0.25) is 4.79 Å². The van der Waals surface area contributed by atoms with Gasteiger partial charge in [0.2, 0.25) is 0 Å². The van der Waals surface area contributed by atoms with Crippen molar-refractivity contribution in [3.05, 3.63) is 0 Å². The molecule has 0 aliphatic rings. The van der Waals surface area contributed by atoms with Crippen molar-refractivity contribution in [2.75, 3.05) is 13.2 Å². The third kappa shape index (κ3) is 2.99.